The first-order valence-corrected chi connectivity index (χ1v) is 5.40. The van der Waals surface area contributed by atoms with Gasteiger partial charge in [-0.15, -0.1) is 0 Å². The number of pyridine rings is 1. The van der Waals surface area contributed by atoms with E-state index in [-0.39, 0.29) is 27.4 Å². The standard InChI is InChI=1S/C8H7Cl4NO2/c1-14-6-3(9)5(7(11)12)13-8(15-2)4(6)10/h7H,1-2H3. The number of rotatable bonds is 3. The van der Waals surface area contributed by atoms with E-state index in [0.717, 1.165) is 0 Å². The largest absolute Gasteiger partial charge is 0.493 e. The predicted octanol–water partition coefficient (Wildman–Crippen LogP) is 3.88. The van der Waals surface area contributed by atoms with Crippen LogP contribution in [0.1, 0.15) is 10.5 Å². The number of alkyl halides is 2. The molecule has 0 radical (unpaired) electrons. The summed E-state index contributed by atoms with van der Waals surface area (Å²) in [5.41, 5.74) is 0.248. The van der Waals surface area contributed by atoms with Crippen molar-refractivity contribution < 1.29 is 9.47 Å². The van der Waals surface area contributed by atoms with Gasteiger partial charge in [0.15, 0.2) is 10.6 Å². The van der Waals surface area contributed by atoms with Crippen LogP contribution in [0.2, 0.25) is 10.0 Å². The number of hydrogen-bond donors (Lipinski definition) is 0. The van der Waals surface area contributed by atoms with Gasteiger partial charge in [-0.25, -0.2) is 4.98 Å². The lowest BCUT2D eigenvalue weighted by molar-refractivity contribution is 0.381. The molecule has 0 spiro atoms. The number of halogens is 4. The molecule has 1 heterocycles. The number of ether oxygens (including phenoxy) is 2. The Balaban J connectivity index is 3.44. The van der Waals surface area contributed by atoms with Crippen molar-refractivity contribution in [3.63, 3.8) is 0 Å². The summed E-state index contributed by atoms with van der Waals surface area (Å²) in [6.45, 7) is 0. The van der Waals surface area contributed by atoms with Gasteiger partial charge < -0.3 is 9.47 Å². The summed E-state index contributed by atoms with van der Waals surface area (Å²) in [6, 6.07) is 0. The Kier molecular flexibility index (Phi) is 4.59. The van der Waals surface area contributed by atoms with E-state index in [2.05, 4.69) is 4.98 Å². The van der Waals surface area contributed by atoms with Crippen LogP contribution in [-0.2, 0) is 0 Å². The van der Waals surface area contributed by atoms with Crippen molar-refractivity contribution in [3.8, 4) is 11.6 Å². The van der Waals surface area contributed by atoms with E-state index >= 15 is 0 Å². The number of aromatic nitrogens is 1. The van der Waals surface area contributed by atoms with Crippen molar-refractivity contribution in [1.29, 1.82) is 0 Å². The van der Waals surface area contributed by atoms with Gasteiger partial charge in [0.05, 0.1) is 19.9 Å². The number of nitrogens with zero attached hydrogens (tertiary/aromatic N) is 1. The molecule has 0 bridgehead atoms. The molecule has 84 valence electrons. The normalized spacial score (nSPS) is 10.6. The zero-order chi connectivity index (χ0) is 11.6. The lowest BCUT2D eigenvalue weighted by Crippen LogP contribution is -1.99. The Morgan fingerprint density at radius 3 is 2.07 bits per heavy atom. The fourth-order valence-electron chi connectivity index (χ4n) is 0.976. The van der Waals surface area contributed by atoms with Crippen molar-refractivity contribution in [2.45, 2.75) is 4.84 Å². The molecular weight excluding hydrogens is 284 g/mol. The van der Waals surface area contributed by atoms with Gasteiger partial charge >= 0.3 is 0 Å². The topological polar surface area (TPSA) is 31.4 Å². The summed E-state index contributed by atoms with van der Waals surface area (Å²) in [5, 5.41) is 0.362. The molecule has 0 aliphatic rings. The highest BCUT2D eigenvalue weighted by Crippen LogP contribution is 2.43. The molecule has 0 amide bonds. The molecule has 1 aromatic heterocycles. The molecule has 0 unspecified atom stereocenters. The number of methoxy groups -OCH3 is 2. The second kappa shape index (κ2) is 5.30. The third-order valence-electron chi connectivity index (χ3n) is 1.64. The lowest BCUT2D eigenvalue weighted by atomic mass is 10.3. The summed E-state index contributed by atoms with van der Waals surface area (Å²) in [7, 11) is 2.84. The minimum Gasteiger partial charge on any atom is -0.493 e. The van der Waals surface area contributed by atoms with Gasteiger partial charge in [-0.05, 0) is 0 Å². The average molecular weight is 291 g/mol. The van der Waals surface area contributed by atoms with Gasteiger partial charge in [-0.3, -0.25) is 0 Å². The Morgan fingerprint density at radius 1 is 1.07 bits per heavy atom. The average Bonchev–Trinajstić information content (AvgIpc) is 2.18. The van der Waals surface area contributed by atoms with E-state index in [1.54, 1.807) is 0 Å². The van der Waals surface area contributed by atoms with Gasteiger partial charge in [0.1, 0.15) is 10.0 Å². The van der Waals surface area contributed by atoms with Crippen molar-refractivity contribution in [3.05, 3.63) is 15.7 Å². The van der Waals surface area contributed by atoms with Crippen molar-refractivity contribution in [2.75, 3.05) is 14.2 Å². The summed E-state index contributed by atoms with van der Waals surface area (Å²) < 4.78 is 9.94. The van der Waals surface area contributed by atoms with Gasteiger partial charge in [0.25, 0.3) is 0 Å². The number of hydrogen-bond acceptors (Lipinski definition) is 3. The van der Waals surface area contributed by atoms with Gasteiger partial charge in [0.2, 0.25) is 5.88 Å². The summed E-state index contributed by atoms with van der Waals surface area (Å²) in [5.74, 6) is 0.408. The van der Waals surface area contributed by atoms with Crippen molar-refractivity contribution in [2.24, 2.45) is 0 Å². The van der Waals surface area contributed by atoms with Crippen LogP contribution in [-0.4, -0.2) is 19.2 Å². The quantitative estimate of drug-likeness (QED) is 0.792. The van der Waals surface area contributed by atoms with Gasteiger partial charge in [0, 0.05) is 0 Å². The second-order valence-electron chi connectivity index (χ2n) is 2.47. The summed E-state index contributed by atoms with van der Waals surface area (Å²) in [4.78, 5) is 3.09. The minimum absolute atomic E-state index is 0.166. The summed E-state index contributed by atoms with van der Waals surface area (Å²) in [6.07, 6.45) is 0. The third-order valence-corrected chi connectivity index (χ3v) is 2.75. The van der Waals surface area contributed by atoms with Crippen LogP contribution in [0.25, 0.3) is 0 Å². The highest BCUT2D eigenvalue weighted by atomic mass is 35.5. The van der Waals surface area contributed by atoms with E-state index in [0.29, 0.717) is 0 Å². The smallest absolute Gasteiger partial charge is 0.236 e. The van der Waals surface area contributed by atoms with Crippen LogP contribution in [0.3, 0.4) is 0 Å². The Bertz CT molecular complexity index is 370. The SMILES string of the molecule is COc1nc(C(Cl)Cl)c(Cl)c(OC)c1Cl. The van der Waals surface area contributed by atoms with Gasteiger partial charge in [-0.1, -0.05) is 46.4 Å². The Labute approximate surface area is 107 Å². The molecule has 1 rings (SSSR count). The molecule has 1 aromatic rings. The summed E-state index contributed by atoms with van der Waals surface area (Å²) >= 11 is 23.2. The molecule has 0 fully saturated rings. The van der Waals surface area contributed by atoms with Crippen LogP contribution in [0.5, 0.6) is 11.6 Å². The lowest BCUT2D eigenvalue weighted by Gasteiger charge is -2.13. The molecule has 0 aliphatic heterocycles. The van der Waals surface area contributed by atoms with Crippen LogP contribution < -0.4 is 9.47 Å². The van der Waals surface area contributed by atoms with Crippen molar-refractivity contribution in [1.82, 2.24) is 4.98 Å². The van der Waals surface area contributed by atoms with Crippen molar-refractivity contribution >= 4 is 46.4 Å². The molecule has 7 heteroatoms. The maximum atomic E-state index is 5.94. The van der Waals surface area contributed by atoms with Crippen LogP contribution >= 0.6 is 46.4 Å². The minimum atomic E-state index is -0.877. The van der Waals surface area contributed by atoms with Crippen LogP contribution in [0.15, 0.2) is 0 Å². The molecule has 0 aliphatic carbocycles. The Hall–Kier alpha value is -0.0900. The Morgan fingerprint density at radius 2 is 1.67 bits per heavy atom. The molecular formula is C8H7Cl4NO2. The molecule has 3 nitrogen and oxygen atoms in total. The first kappa shape index (κ1) is 13.0. The molecule has 0 saturated heterocycles. The maximum Gasteiger partial charge on any atom is 0.236 e. The third kappa shape index (κ3) is 2.53. The zero-order valence-electron chi connectivity index (χ0n) is 7.85. The fraction of sp³-hybridized carbons (Fsp3) is 0.375. The van der Waals surface area contributed by atoms with Crippen LogP contribution in [0, 0.1) is 0 Å². The van der Waals surface area contributed by atoms with E-state index in [1.165, 1.54) is 14.2 Å². The first-order valence-electron chi connectivity index (χ1n) is 3.78. The van der Waals surface area contributed by atoms with Crippen LogP contribution in [0.4, 0.5) is 0 Å². The molecule has 0 atom stereocenters. The molecule has 0 N–H and O–H groups in total. The monoisotopic (exact) mass is 289 g/mol. The molecule has 15 heavy (non-hydrogen) atoms. The first-order chi connectivity index (χ1) is 7.02. The van der Waals surface area contributed by atoms with Gasteiger partial charge in [-0.2, -0.15) is 0 Å². The predicted molar refractivity (Wildman–Crippen MR) is 61.8 cm³/mol. The zero-order valence-corrected chi connectivity index (χ0v) is 10.9. The highest BCUT2D eigenvalue weighted by molar-refractivity contribution is 6.46. The molecule has 0 saturated carbocycles. The molecule has 0 aromatic carbocycles. The highest BCUT2D eigenvalue weighted by Gasteiger charge is 2.22. The van der Waals surface area contributed by atoms with E-state index < -0.39 is 4.84 Å². The second-order valence-corrected chi connectivity index (χ2v) is 4.32. The van der Waals surface area contributed by atoms with E-state index in [4.69, 9.17) is 55.9 Å². The van der Waals surface area contributed by atoms with E-state index in [1.807, 2.05) is 0 Å². The fourth-order valence-corrected chi connectivity index (χ4v) is 2.07. The maximum absolute atomic E-state index is 5.94. The van der Waals surface area contributed by atoms with E-state index in [9.17, 15) is 0 Å².